The Morgan fingerprint density at radius 1 is 1.03 bits per heavy atom. The fraction of sp³-hybridized carbons (Fsp3) is 0.174. The summed E-state index contributed by atoms with van der Waals surface area (Å²) in [6, 6.07) is 15.0. The standard InChI is InChI=1S/C23H24N6O3S/c1-14(2)13-29-22(30)18-10-15(8-9-19(18)27-23(29)25)16-11-20(21(24)26-12-16)33(31,32)28-17-6-4-3-5-7-17/h3-12,14,28H,13H2,1-2H3,(H2,24,26)(H2,25,27). The second kappa shape index (κ2) is 8.55. The van der Waals surface area contributed by atoms with Gasteiger partial charge in [-0.15, -0.1) is 0 Å². The molecule has 2 aromatic carbocycles. The number of hydrogen-bond acceptors (Lipinski definition) is 7. The first-order valence-electron chi connectivity index (χ1n) is 10.3. The van der Waals surface area contributed by atoms with E-state index >= 15 is 0 Å². The van der Waals surface area contributed by atoms with Gasteiger partial charge in [-0.05, 0) is 41.8 Å². The summed E-state index contributed by atoms with van der Waals surface area (Å²) < 4.78 is 29.8. The molecule has 0 radical (unpaired) electrons. The van der Waals surface area contributed by atoms with Crippen molar-refractivity contribution in [1.82, 2.24) is 14.5 Å². The number of nitrogen functional groups attached to an aromatic ring is 2. The minimum Gasteiger partial charge on any atom is -0.383 e. The number of aromatic nitrogens is 3. The molecule has 0 fully saturated rings. The lowest BCUT2D eigenvalue weighted by atomic mass is 10.1. The zero-order valence-corrected chi connectivity index (χ0v) is 19.0. The molecule has 0 amide bonds. The van der Waals surface area contributed by atoms with E-state index in [0.717, 1.165) is 0 Å². The Morgan fingerprint density at radius 2 is 1.76 bits per heavy atom. The molecule has 4 rings (SSSR count). The number of pyridine rings is 1. The first-order chi connectivity index (χ1) is 15.7. The molecule has 33 heavy (non-hydrogen) atoms. The second-order valence-corrected chi connectivity index (χ2v) is 9.74. The molecule has 0 bridgehead atoms. The molecule has 0 saturated carbocycles. The third-order valence-electron chi connectivity index (χ3n) is 5.06. The van der Waals surface area contributed by atoms with Crippen LogP contribution in [0.25, 0.3) is 22.0 Å². The summed E-state index contributed by atoms with van der Waals surface area (Å²) in [6.07, 6.45) is 1.47. The number of anilines is 3. The van der Waals surface area contributed by atoms with Crippen molar-refractivity contribution < 1.29 is 8.42 Å². The molecule has 0 atom stereocenters. The van der Waals surface area contributed by atoms with Gasteiger partial charge in [0, 0.05) is 24.0 Å². The van der Waals surface area contributed by atoms with Crippen LogP contribution in [0.15, 0.2) is 70.5 Å². The molecule has 2 aromatic heterocycles. The number of fused-ring (bicyclic) bond motifs is 1. The zero-order chi connectivity index (χ0) is 23.8. The summed E-state index contributed by atoms with van der Waals surface area (Å²) in [7, 11) is -3.98. The zero-order valence-electron chi connectivity index (χ0n) is 18.2. The van der Waals surface area contributed by atoms with Crippen LogP contribution in [-0.2, 0) is 16.6 Å². The largest absolute Gasteiger partial charge is 0.383 e. The minimum atomic E-state index is -3.98. The molecule has 0 unspecified atom stereocenters. The summed E-state index contributed by atoms with van der Waals surface area (Å²) in [6.45, 7) is 4.41. The molecule has 5 N–H and O–H groups in total. The van der Waals surface area contributed by atoms with Crippen molar-refractivity contribution in [3.63, 3.8) is 0 Å². The summed E-state index contributed by atoms with van der Waals surface area (Å²) in [5, 5.41) is 0.381. The predicted octanol–water partition coefficient (Wildman–Crippen LogP) is 3.08. The van der Waals surface area contributed by atoms with Crippen molar-refractivity contribution >= 4 is 38.4 Å². The van der Waals surface area contributed by atoms with Gasteiger partial charge in [0.25, 0.3) is 15.6 Å². The van der Waals surface area contributed by atoms with Crippen molar-refractivity contribution in [2.75, 3.05) is 16.2 Å². The smallest absolute Gasteiger partial charge is 0.265 e. The average molecular weight is 465 g/mol. The maximum Gasteiger partial charge on any atom is 0.265 e. The van der Waals surface area contributed by atoms with Crippen molar-refractivity contribution in [2.45, 2.75) is 25.3 Å². The van der Waals surface area contributed by atoms with Crippen LogP contribution in [0.5, 0.6) is 0 Å². The number of nitrogens with one attached hydrogen (secondary N) is 1. The van der Waals surface area contributed by atoms with Crippen LogP contribution in [0.4, 0.5) is 17.5 Å². The molecule has 170 valence electrons. The number of hydrogen-bond donors (Lipinski definition) is 3. The molecule has 4 aromatic rings. The van der Waals surface area contributed by atoms with Crippen LogP contribution in [0.2, 0.25) is 0 Å². The van der Waals surface area contributed by atoms with Gasteiger partial charge in [-0.25, -0.2) is 18.4 Å². The van der Waals surface area contributed by atoms with Crippen LogP contribution in [0.3, 0.4) is 0 Å². The van der Waals surface area contributed by atoms with Crippen LogP contribution >= 0.6 is 0 Å². The molecule has 10 heteroatoms. The lowest BCUT2D eigenvalue weighted by Crippen LogP contribution is -2.26. The highest BCUT2D eigenvalue weighted by Gasteiger charge is 2.20. The van der Waals surface area contributed by atoms with E-state index in [-0.39, 0.29) is 28.1 Å². The molecule has 0 aliphatic carbocycles. The van der Waals surface area contributed by atoms with Gasteiger partial charge in [-0.3, -0.25) is 14.1 Å². The Hall–Kier alpha value is -3.92. The van der Waals surface area contributed by atoms with Crippen LogP contribution < -0.4 is 21.7 Å². The Morgan fingerprint density at radius 3 is 2.45 bits per heavy atom. The number of nitrogens with two attached hydrogens (primary N) is 2. The summed E-state index contributed by atoms with van der Waals surface area (Å²) in [5.74, 6) is 0.235. The number of benzene rings is 2. The number of nitrogens with zero attached hydrogens (tertiary/aromatic N) is 3. The normalized spacial score (nSPS) is 11.7. The maximum absolute atomic E-state index is 13.1. The molecule has 0 aliphatic rings. The monoisotopic (exact) mass is 464 g/mol. The van der Waals surface area contributed by atoms with Crippen LogP contribution in [0, 0.1) is 5.92 Å². The quantitative estimate of drug-likeness (QED) is 0.397. The first kappa shape index (κ1) is 22.3. The van der Waals surface area contributed by atoms with E-state index in [1.807, 2.05) is 13.8 Å². The van der Waals surface area contributed by atoms with Crippen LogP contribution in [-0.4, -0.2) is 23.0 Å². The fourth-order valence-electron chi connectivity index (χ4n) is 3.50. The molecular formula is C23H24N6O3S. The van der Waals surface area contributed by atoms with Crippen molar-refractivity contribution in [2.24, 2.45) is 5.92 Å². The topological polar surface area (TPSA) is 146 Å². The summed E-state index contributed by atoms with van der Waals surface area (Å²) in [4.78, 5) is 21.3. The van der Waals surface area contributed by atoms with E-state index in [1.165, 1.54) is 16.8 Å². The molecule has 2 heterocycles. The lowest BCUT2D eigenvalue weighted by molar-refractivity contribution is 0.514. The Bertz CT molecular complexity index is 1500. The Balaban J connectivity index is 1.79. The number of rotatable bonds is 6. The third kappa shape index (κ3) is 4.51. The molecule has 0 aliphatic heterocycles. The average Bonchev–Trinajstić information content (AvgIpc) is 2.77. The lowest BCUT2D eigenvalue weighted by Gasteiger charge is -2.13. The number of sulfonamides is 1. The first-order valence-corrected chi connectivity index (χ1v) is 11.8. The van der Waals surface area contributed by atoms with Gasteiger partial charge in [0.2, 0.25) is 5.95 Å². The minimum absolute atomic E-state index is 0.128. The summed E-state index contributed by atoms with van der Waals surface area (Å²) in [5.41, 5.74) is 13.6. The second-order valence-electron chi connectivity index (χ2n) is 8.09. The van der Waals surface area contributed by atoms with Gasteiger partial charge in [-0.2, -0.15) is 0 Å². The molecule has 0 spiro atoms. The van der Waals surface area contributed by atoms with E-state index < -0.39 is 10.0 Å². The molecule has 0 saturated heterocycles. The van der Waals surface area contributed by atoms with E-state index in [4.69, 9.17) is 11.5 Å². The van der Waals surface area contributed by atoms with Crippen molar-refractivity contribution in [3.8, 4) is 11.1 Å². The summed E-state index contributed by atoms with van der Waals surface area (Å²) >= 11 is 0. The Labute approximate surface area is 191 Å². The van der Waals surface area contributed by atoms with Gasteiger partial charge < -0.3 is 11.5 Å². The SMILES string of the molecule is CC(C)Cn1c(N)nc2ccc(-c3cnc(N)c(S(=O)(=O)Nc4ccccc4)c3)cc2c1=O. The highest BCUT2D eigenvalue weighted by Crippen LogP contribution is 2.28. The predicted molar refractivity (Wildman–Crippen MR) is 130 cm³/mol. The third-order valence-corrected chi connectivity index (χ3v) is 6.47. The van der Waals surface area contributed by atoms with E-state index in [0.29, 0.717) is 34.3 Å². The van der Waals surface area contributed by atoms with E-state index in [9.17, 15) is 13.2 Å². The number of para-hydroxylation sites is 1. The van der Waals surface area contributed by atoms with Gasteiger partial charge in [0.05, 0.1) is 10.9 Å². The van der Waals surface area contributed by atoms with Crippen molar-refractivity contribution in [3.05, 3.63) is 71.1 Å². The maximum atomic E-state index is 13.1. The van der Waals surface area contributed by atoms with Gasteiger partial charge in [0.1, 0.15) is 10.7 Å². The van der Waals surface area contributed by atoms with E-state index in [1.54, 1.807) is 48.5 Å². The fourth-order valence-corrected chi connectivity index (χ4v) is 4.67. The van der Waals surface area contributed by atoms with Crippen LogP contribution in [0.1, 0.15) is 13.8 Å². The molecule has 9 nitrogen and oxygen atoms in total. The highest BCUT2D eigenvalue weighted by molar-refractivity contribution is 7.92. The van der Waals surface area contributed by atoms with Gasteiger partial charge in [0.15, 0.2) is 0 Å². The van der Waals surface area contributed by atoms with E-state index in [2.05, 4.69) is 14.7 Å². The van der Waals surface area contributed by atoms with Gasteiger partial charge in [-0.1, -0.05) is 38.1 Å². The highest BCUT2D eigenvalue weighted by atomic mass is 32.2. The van der Waals surface area contributed by atoms with Gasteiger partial charge >= 0.3 is 0 Å². The van der Waals surface area contributed by atoms with Crippen molar-refractivity contribution in [1.29, 1.82) is 0 Å². The Kier molecular flexibility index (Phi) is 5.77. The molecular weight excluding hydrogens is 440 g/mol.